The molecular weight excluding hydrogens is 363 g/mol. The van der Waals surface area contributed by atoms with E-state index in [9.17, 15) is 22.8 Å². The highest BCUT2D eigenvalue weighted by molar-refractivity contribution is 9.10. The van der Waals surface area contributed by atoms with Crippen LogP contribution in [-0.4, -0.2) is 11.8 Å². The number of nitrogens with zero attached hydrogens (tertiary/aromatic N) is 1. The first-order chi connectivity index (χ1) is 10.3. The van der Waals surface area contributed by atoms with Crippen molar-refractivity contribution in [1.29, 1.82) is 0 Å². The molecule has 1 aliphatic rings. The van der Waals surface area contributed by atoms with Crippen molar-refractivity contribution in [3.63, 3.8) is 0 Å². The third kappa shape index (κ3) is 2.12. The summed E-state index contributed by atoms with van der Waals surface area (Å²) in [5.41, 5.74) is -0.712. The maximum Gasteiger partial charge on any atom is 0.417 e. The lowest BCUT2D eigenvalue weighted by molar-refractivity contribution is -0.138. The highest BCUT2D eigenvalue weighted by Crippen LogP contribution is 2.41. The zero-order chi connectivity index (χ0) is 16.1. The van der Waals surface area contributed by atoms with Crippen LogP contribution in [0.15, 0.2) is 46.9 Å². The second-order valence-corrected chi connectivity index (χ2v) is 5.42. The van der Waals surface area contributed by atoms with E-state index in [1.807, 2.05) is 0 Å². The highest BCUT2D eigenvalue weighted by atomic mass is 79.9. The van der Waals surface area contributed by atoms with Gasteiger partial charge < -0.3 is 0 Å². The number of halogens is 4. The molecule has 1 aliphatic heterocycles. The molecule has 0 atom stereocenters. The molecule has 0 aliphatic carbocycles. The molecular formula is C15H7BrF3NO2. The Morgan fingerprint density at radius 2 is 1.41 bits per heavy atom. The predicted octanol–water partition coefficient (Wildman–Crippen LogP) is 4.27. The first kappa shape index (κ1) is 14.8. The first-order valence-electron chi connectivity index (χ1n) is 6.16. The second kappa shape index (κ2) is 4.95. The summed E-state index contributed by atoms with van der Waals surface area (Å²) >= 11 is 2.86. The lowest BCUT2D eigenvalue weighted by Gasteiger charge is -2.18. The van der Waals surface area contributed by atoms with E-state index in [1.165, 1.54) is 18.2 Å². The van der Waals surface area contributed by atoms with E-state index in [0.717, 1.165) is 17.0 Å². The monoisotopic (exact) mass is 369 g/mol. The van der Waals surface area contributed by atoms with E-state index in [1.54, 1.807) is 12.1 Å². The van der Waals surface area contributed by atoms with Crippen molar-refractivity contribution < 1.29 is 22.8 Å². The number of carbonyl (C=O) groups excluding carboxylic acids is 2. The molecule has 0 radical (unpaired) electrons. The molecule has 112 valence electrons. The molecule has 3 nitrogen and oxygen atoms in total. The van der Waals surface area contributed by atoms with Crippen LogP contribution in [0.4, 0.5) is 18.9 Å². The maximum atomic E-state index is 13.0. The third-order valence-electron chi connectivity index (χ3n) is 3.32. The molecule has 2 aromatic rings. The van der Waals surface area contributed by atoms with Crippen molar-refractivity contribution in [2.75, 3.05) is 4.90 Å². The summed E-state index contributed by atoms with van der Waals surface area (Å²) < 4.78 is 38.5. The van der Waals surface area contributed by atoms with E-state index < -0.39 is 23.6 Å². The zero-order valence-corrected chi connectivity index (χ0v) is 12.4. The van der Waals surface area contributed by atoms with Crippen molar-refractivity contribution >= 4 is 33.4 Å². The van der Waals surface area contributed by atoms with E-state index >= 15 is 0 Å². The van der Waals surface area contributed by atoms with Crippen LogP contribution in [0.2, 0.25) is 0 Å². The van der Waals surface area contributed by atoms with E-state index in [4.69, 9.17) is 0 Å². The lowest BCUT2D eigenvalue weighted by Crippen LogP contribution is -2.30. The molecule has 0 unspecified atom stereocenters. The summed E-state index contributed by atoms with van der Waals surface area (Å²) in [7, 11) is 0. The van der Waals surface area contributed by atoms with Crippen LogP contribution in [0.3, 0.4) is 0 Å². The second-order valence-electron chi connectivity index (χ2n) is 4.63. The molecule has 0 spiro atoms. The summed E-state index contributed by atoms with van der Waals surface area (Å²) in [6, 6.07) is 9.46. The van der Waals surface area contributed by atoms with Crippen molar-refractivity contribution in [2.45, 2.75) is 6.18 Å². The van der Waals surface area contributed by atoms with Crippen molar-refractivity contribution in [3.8, 4) is 0 Å². The smallest absolute Gasteiger partial charge is 0.268 e. The minimum absolute atomic E-state index is 0.124. The molecule has 0 aromatic heterocycles. The average Bonchev–Trinajstić information content (AvgIpc) is 2.71. The van der Waals surface area contributed by atoms with Gasteiger partial charge in [0.25, 0.3) is 11.8 Å². The van der Waals surface area contributed by atoms with Crippen LogP contribution >= 0.6 is 15.9 Å². The molecule has 0 fully saturated rings. The predicted molar refractivity (Wildman–Crippen MR) is 76.7 cm³/mol. The van der Waals surface area contributed by atoms with E-state index in [2.05, 4.69) is 15.9 Å². The normalized spacial score (nSPS) is 14.5. The Morgan fingerprint density at radius 1 is 0.864 bits per heavy atom. The zero-order valence-electron chi connectivity index (χ0n) is 10.8. The third-order valence-corrected chi connectivity index (χ3v) is 4.15. The SMILES string of the molecule is O=C1c2ccccc2C(=O)N1c1cccc(C(F)(F)F)c1Br. The van der Waals surface area contributed by atoms with Crippen LogP contribution in [0, 0.1) is 0 Å². The van der Waals surface area contributed by atoms with Gasteiger partial charge in [-0.1, -0.05) is 18.2 Å². The molecule has 0 saturated heterocycles. The fourth-order valence-electron chi connectivity index (χ4n) is 2.32. The number of alkyl halides is 3. The Morgan fingerprint density at radius 3 is 1.91 bits per heavy atom. The number of hydrogen-bond acceptors (Lipinski definition) is 2. The number of fused-ring (bicyclic) bond motifs is 1. The number of hydrogen-bond donors (Lipinski definition) is 0. The number of benzene rings is 2. The maximum absolute atomic E-state index is 13.0. The van der Waals surface area contributed by atoms with Crippen LogP contribution < -0.4 is 4.90 Å². The van der Waals surface area contributed by atoms with Gasteiger partial charge in [0.15, 0.2) is 0 Å². The van der Waals surface area contributed by atoms with Gasteiger partial charge in [-0.2, -0.15) is 13.2 Å². The minimum Gasteiger partial charge on any atom is -0.268 e. The van der Waals surface area contributed by atoms with Gasteiger partial charge >= 0.3 is 6.18 Å². The average molecular weight is 370 g/mol. The topological polar surface area (TPSA) is 37.4 Å². The van der Waals surface area contributed by atoms with Crippen LogP contribution in [0.1, 0.15) is 26.3 Å². The van der Waals surface area contributed by atoms with Gasteiger partial charge in [-0.25, -0.2) is 4.90 Å². The summed E-state index contributed by atoms with van der Waals surface area (Å²) in [6.07, 6.45) is -4.59. The van der Waals surface area contributed by atoms with Crippen molar-refractivity contribution in [1.82, 2.24) is 0 Å². The molecule has 2 amide bonds. The molecule has 3 rings (SSSR count). The molecule has 0 saturated carbocycles. The van der Waals surface area contributed by atoms with Crippen LogP contribution in [0.5, 0.6) is 0 Å². The highest BCUT2D eigenvalue weighted by Gasteiger charge is 2.40. The van der Waals surface area contributed by atoms with Gasteiger partial charge in [-0.05, 0) is 40.2 Å². The fourth-order valence-corrected chi connectivity index (χ4v) is 2.99. The van der Waals surface area contributed by atoms with E-state index in [-0.39, 0.29) is 21.3 Å². The van der Waals surface area contributed by atoms with Crippen LogP contribution in [-0.2, 0) is 6.18 Å². The number of anilines is 1. The summed E-state index contributed by atoms with van der Waals surface area (Å²) in [5, 5.41) is 0. The molecule has 0 N–H and O–H groups in total. The van der Waals surface area contributed by atoms with Gasteiger partial charge in [0, 0.05) is 0 Å². The largest absolute Gasteiger partial charge is 0.417 e. The summed E-state index contributed by atoms with van der Waals surface area (Å²) in [4.78, 5) is 25.4. The molecule has 0 bridgehead atoms. The Hall–Kier alpha value is -2.15. The van der Waals surface area contributed by atoms with Crippen molar-refractivity contribution in [2.24, 2.45) is 0 Å². The number of carbonyl (C=O) groups is 2. The Kier molecular flexibility index (Phi) is 3.32. The Bertz CT molecular complexity index is 767. The standard InChI is InChI=1S/C15H7BrF3NO2/c16-12-10(15(17,18)19)6-3-7-11(12)20-13(21)8-4-1-2-5-9(8)14(20)22/h1-7H. The van der Waals surface area contributed by atoms with Crippen LogP contribution in [0.25, 0.3) is 0 Å². The first-order valence-corrected chi connectivity index (χ1v) is 6.95. The van der Waals surface area contributed by atoms with Gasteiger partial charge in [-0.15, -0.1) is 0 Å². The summed E-state index contributed by atoms with van der Waals surface area (Å²) in [5.74, 6) is -1.28. The van der Waals surface area contributed by atoms with Gasteiger partial charge in [0.2, 0.25) is 0 Å². The van der Waals surface area contributed by atoms with Crippen molar-refractivity contribution in [3.05, 3.63) is 63.6 Å². The number of rotatable bonds is 1. The number of imide groups is 1. The minimum atomic E-state index is -4.59. The molecule has 7 heteroatoms. The molecule has 1 heterocycles. The fraction of sp³-hybridized carbons (Fsp3) is 0.0667. The van der Waals surface area contributed by atoms with E-state index in [0.29, 0.717) is 0 Å². The quantitative estimate of drug-likeness (QED) is 0.704. The Labute approximate surface area is 131 Å². The lowest BCUT2D eigenvalue weighted by atomic mass is 10.1. The van der Waals surface area contributed by atoms with Gasteiger partial charge in [0.05, 0.1) is 26.9 Å². The van der Waals surface area contributed by atoms with Gasteiger partial charge in [0.1, 0.15) is 0 Å². The summed E-state index contributed by atoms with van der Waals surface area (Å²) in [6.45, 7) is 0. The van der Waals surface area contributed by atoms with Gasteiger partial charge in [-0.3, -0.25) is 9.59 Å². The molecule has 22 heavy (non-hydrogen) atoms. The molecule has 2 aromatic carbocycles. The Balaban J connectivity index is 2.15. The number of amides is 2.